The fraction of sp³-hybridized carbons (Fsp3) is 0.500. The summed E-state index contributed by atoms with van der Waals surface area (Å²) in [5.41, 5.74) is 0.773. The first-order valence-corrected chi connectivity index (χ1v) is 10.6. The number of carbonyl (C=O) groups excluding carboxylic acids is 2. The Morgan fingerprint density at radius 2 is 1.77 bits per heavy atom. The van der Waals surface area contributed by atoms with Crippen molar-refractivity contribution in [3.05, 3.63) is 47.9 Å². The van der Waals surface area contributed by atoms with E-state index in [9.17, 15) is 9.59 Å². The van der Waals surface area contributed by atoms with E-state index >= 15 is 0 Å². The second kappa shape index (κ2) is 9.45. The molecule has 2 heterocycles. The normalized spacial score (nSPS) is 12.8. The van der Waals surface area contributed by atoms with Gasteiger partial charge < -0.3 is 23.7 Å². The molecule has 0 radical (unpaired) electrons. The molecule has 7 nitrogen and oxygen atoms in total. The van der Waals surface area contributed by atoms with Crippen LogP contribution in [0.2, 0.25) is 0 Å². The summed E-state index contributed by atoms with van der Waals surface area (Å²) in [6, 6.07) is 9.21. The molecule has 1 aromatic carbocycles. The van der Waals surface area contributed by atoms with Crippen molar-refractivity contribution in [1.82, 2.24) is 9.80 Å². The first kappa shape index (κ1) is 22.7. The van der Waals surface area contributed by atoms with Crippen molar-refractivity contribution in [1.29, 1.82) is 0 Å². The van der Waals surface area contributed by atoms with Crippen molar-refractivity contribution in [3.63, 3.8) is 0 Å². The van der Waals surface area contributed by atoms with Crippen LogP contribution < -0.4 is 9.47 Å². The number of furan rings is 1. The van der Waals surface area contributed by atoms with E-state index < -0.39 is 0 Å². The summed E-state index contributed by atoms with van der Waals surface area (Å²) in [6.07, 6.45) is 1.98. The molecule has 0 fully saturated rings. The van der Waals surface area contributed by atoms with E-state index in [4.69, 9.17) is 13.9 Å². The number of fused-ring (bicyclic) bond motifs is 1. The zero-order valence-corrected chi connectivity index (χ0v) is 19.0. The number of nitrogens with zero attached hydrogens (tertiary/aromatic N) is 2. The summed E-state index contributed by atoms with van der Waals surface area (Å²) >= 11 is 0. The fourth-order valence-corrected chi connectivity index (χ4v) is 3.44. The number of rotatable bonds is 8. The Labute approximate surface area is 183 Å². The van der Waals surface area contributed by atoms with E-state index in [0.29, 0.717) is 36.8 Å². The molecule has 0 atom stereocenters. The van der Waals surface area contributed by atoms with Gasteiger partial charge in [0, 0.05) is 19.0 Å². The first-order chi connectivity index (χ1) is 14.6. The van der Waals surface area contributed by atoms with Crippen LogP contribution in [0, 0.1) is 5.41 Å². The SMILES string of the molecule is CC(C)N(CC(=O)N(Cc1ccc2c(c1)OCO2)Cc1ccco1)C(=O)CC(C)(C)C. The van der Waals surface area contributed by atoms with Gasteiger partial charge in [0.25, 0.3) is 0 Å². The quantitative estimate of drug-likeness (QED) is 0.630. The van der Waals surface area contributed by atoms with Crippen LogP contribution in [0.5, 0.6) is 11.5 Å². The number of benzene rings is 1. The van der Waals surface area contributed by atoms with Crippen LogP contribution in [0.4, 0.5) is 0 Å². The minimum atomic E-state index is -0.145. The third kappa shape index (κ3) is 6.26. The smallest absolute Gasteiger partial charge is 0.242 e. The predicted molar refractivity (Wildman–Crippen MR) is 116 cm³/mol. The number of hydrogen-bond donors (Lipinski definition) is 0. The Morgan fingerprint density at radius 1 is 1.03 bits per heavy atom. The van der Waals surface area contributed by atoms with Gasteiger partial charge in [-0.15, -0.1) is 0 Å². The molecule has 1 aliphatic heterocycles. The lowest BCUT2D eigenvalue weighted by Gasteiger charge is -2.32. The van der Waals surface area contributed by atoms with Crippen molar-refractivity contribution < 1.29 is 23.5 Å². The average molecular weight is 429 g/mol. The standard InChI is InChI=1S/C24H32N2O5/c1-17(2)26(22(27)12-24(3,4)5)15-23(28)25(14-19-7-6-10-29-19)13-18-8-9-20-21(11-18)31-16-30-20/h6-11,17H,12-16H2,1-5H3. The van der Waals surface area contributed by atoms with Gasteiger partial charge in [0.2, 0.25) is 18.6 Å². The highest BCUT2D eigenvalue weighted by Gasteiger charge is 2.27. The Kier molecular flexibility index (Phi) is 6.93. The largest absolute Gasteiger partial charge is 0.467 e. The van der Waals surface area contributed by atoms with E-state index in [1.807, 2.05) is 58.9 Å². The molecule has 0 aliphatic carbocycles. The van der Waals surface area contributed by atoms with Gasteiger partial charge in [-0.3, -0.25) is 9.59 Å². The lowest BCUT2D eigenvalue weighted by atomic mass is 9.91. The number of ether oxygens (including phenoxy) is 2. The third-order valence-electron chi connectivity index (χ3n) is 5.02. The Hall–Kier alpha value is -2.96. The topological polar surface area (TPSA) is 72.2 Å². The van der Waals surface area contributed by atoms with Crippen molar-refractivity contribution in [2.75, 3.05) is 13.3 Å². The summed E-state index contributed by atoms with van der Waals surface area (Å²) < 4.78 is 16.3. The minimum absolute atomic E-state index is 0.0168. The van der Waals surface area contributed by atoms with Gasteiger partial charge in [0.15, 0.2) is 11.5 Å². The van der Waals surface area contributed by atoms with Crippen LogP contribution in [0.3, 0.4) is 0 Å². The summed E-state index contributed by atoms with van der Waals surface area (Å²) in [7, 11) is 0. The highest BCUT2D eigenvalue weighted by molar-refractivity contribution is 5.85. The molecule has 168 valence electrons. The number of amides is 2. The molecule has 1 aliphatic rings. The van der Waals surface area contributed by atoms with E-state index in [2.05, 4.69) is 0 Å². The van der Waals surface area contributed by atoms with E-state index in [0.717, 1.165) is 5.56 Å². The molecule has 31 heavy (non-hydrogen) atoms. The molecular formula is C24H32N2O5. The molecule has 1 aromatic heterocycles. The summed E-state index contributed by atoms with van der Waals surface area (Å²) in [5.74, 6) is 1.91. The molecule has 0 spiro atoms. The lowest BCUT2D eigenvalue weighted by Crippen LogP contribution is -2.46. The highest BCUT2D eigenvalue weighted by Crippen LogP contribution is 2.33. The van der Waals surface area contributed by atoms with Gasteiger partial charge in [0.05, 0.1) is 19.4 Å². The van der Waals surface area contributed by atoms with Crippen LogP contribution in [-0.2, 0) is 22.7 Å². The molecule has 0 bridgehead atoms. The van der Waals surface area contributed by atoms with Crippen LogP contribution in [-0.4, -0.2) is 41.0 Å². The van der Waals surface area contributed by atoms with Crippen molar-refractivity contribution >= 4 is 11.8 Å². The Morgan fingerprint density at radius 3 is 2.42 bits per heavy atom. The molecule has 0 N–H and O–H groups in total. The maximum atomic E-state index is 13.3. The van der Waals surface area contributed by atoms with Gasteiger partial charge in [-0.25, -0.2) is 0 Å². The van der Waals surface area contributed by atoms with Gasteiger partial charge in [-0.05, 0) is 49.1 Å². The van der Waals surface area contributed by atoms with Crippen LogP contribution in [0.25, 0.3) is 0 Å². The van der Waals surface area contributed by atoms with Crippen molar-refractivity contribution in [2.24, 2.45) is 5.41 Å². The summed E-state index contributed by atoms with van der Waals surface area (Å²) in [5, 5.41) is 0. The minimum Gasteiger partial charge on any atom is -0.467 e. The zero-order chi connectivity index (χ0) is 22.6. The van der Waals surface area contributed by atoms with E-state index in [-0.39, 0.29) is 36.6 Å². The fourth-order valence-electron chi connectivity index (χ4n) is 3.44. The maximum Gasteiger partial charge on any atom is 0.242 e. The Balaban J connectivity index is 1.77. The van der Waals surface area contributed by atoms with E-state index in [1.54, 1.807) is 22.1 Å². The van der Waals surface area contributed by atoms with Crippen LogP contribution in [0.15, 0.2) is 41.0 Å². The molecule has 2 amide bonds. The molecule has 7 heteroatoms. The number of hydrogen-bond acceptors (Lipinski definition) is 5. The van der Waals surface area contributed by atoms with Crippen molar-refractivity contribution in [3.8, 4) is 11.5 Å². The summed E-state index contributed by atoms with van der Waals surface area (Å²) in [4.78, 5) is 29.6. The lowest BCUT2D eigenvalue weighted by molar-refractivity contribution is -0.143. The molecule has 0 saturated heterocycles. The molecule has 0 unspecified atom stereocenters. The molecule has 2 aromatic rings. The van der Waals surface area contributed by atoms with E-state index in [1.165, 1.54) is 0 Å². The third-order valence-corrected chi connectivity index (χ3v) is 5.02. The molecule has 3 rings (SSSR count). The van der Waals surface area contributed by atoms with Crippen LogP contribution in [0.1, 0.15) is 52.4 Å². The first-order valence-electron chi connectivity index (χ1n) is 10.6. The zero-order valence-electron chi connectivity index (χ0n) is 19.0. The molecule has 0 saturated carbocycles. The highest BCUT2D eigenvalue weighted by atomic mass is 16.7. The van der Waals surface area contributed by atoms with Gasteiger partial charge >= 0.3 is 0 Å². The second-order valence-corrected chi connectivity index (χ2v) is 9.37. The monoisotopic (exact) mass is 428 g/mol. The van der Waals surface area contributed by atoms with Gasteiger partial charge in [-0.2, -0.15) is 0 Å². The van der Waals surface area contributed by atoms with Crippen molar-refractivity contribution in [2.45, 2.75) is 60.2 Å². The maximum absolute atomic E-state index is 13.3. The van der Waals surface area contributed by atoms with Gasteiger partial charge in [0.1, 0.15) is 5.76 Å². The van der Waals surface area contributed by atoms with Crippen LogP contribution >= 0.6 is 0 Å². The molecular weight excluding hydrogens is 396 g/mol. The predicted octanol–water partition coefficient (Wildman–Crippen LogP) is 4.21. The van der Waals surface area contributed by atoms with Gasteiger partial charge in [-0.1, -0.05) is 26.8 Å². The average Bonchev–Trinajstić information content (AvgIpc) is 3.34. The summed E-state index contributed by atoms with van der Waals surface area (Å²) in [6.45, 7) is 10.8. The second-order valence-electron chi connectivity index (χ2n) is 9.37. The number of carbonyl (C=O) groups is 2. The Bertz CT molecular complexity index is 899.